The summed E-state index contributed by atoms with van der Waals surface area (Å²) in [6.45, 7) is 2.56. The van der Waals surface area contributed by atoms with Crippen LogP contribution in [0.5, 0.6) is 5.75 Å². The lowest BCUT2D eigenvalue weighted by molar-refractivity contribution is -0.139. The number of benzene rings is 1. The Morgan fingerprint density at radius 2 is 2.20 bits per heavy atom. The highest BCUT2D eigenvalue weighted by atomic mass is 32.2. The minimum atomic E-state index is -1.13. The summed E-state index contributed by atoms with van der Waals surface area (Å²) >= 11 is 1.76. The van der Waals surface area contributed by atoms with E-state index in [2.05, 4.69) is 14.9 Å². The fourth-order valence-corrected chi connectivity index (χ4v) is 5.97. The van der Waals surface area contributed by atoms with E-state index in [9.17, 15) is 9.90 Å². The molecule has 188 valence electrons. The second-order valence-corrected chi connectivity index (χ2v) is 10.3. The van der Waals surface area contributed by atoms with Gasteiger partial charge in [0, 0.05) is 43.9 Å². The van der Waals surface area contributed by atoms with Gasteiger partial charge >= 0.3 is 5.97 Å². The molecule has 1 aliphatic rings. The number of pyridine rings is 1. The van der Waals surface area contributed by atoms with E-state index >= 15 is 4.39 Å². The average Bonchev–Trinajstić information content (AvgIpc) is 3.26. The van der Waals surface area contributed by atoms with Crippen molar-refractivity contribution in [1.82, 2.24) is 19.4 Å². The number of hydrogen-bond acceptors (Lipinski definition) is 6. The summed E-state index contributed by atoms with van der Waals surface area (Å²) in [4.78, 5) is 22.4. The van der Waals surface area contributed by atoms with Gasteiger partial charge in [-0.1, -0.05) is 0 Å². The zero-order valence-electron chi connectivity index (χ0n) is 20.3. The number of halogens is 1. The van der Waals surface area contributed by atoms with Gasteiger partial charge in [0.1, 0.15) is 11.9 Å². The van der Waals surface area contributed by atoms with Gasteiger partial charge in [-0.3, -0.25) is 9.78 Å². The van der Waals surface area contributed by atoms with Crippen LogP contribution in [-0.4, -0.2) is 63.0 Å². The number of carbonyl (C=O) groups is 1. The number of ether oxygens (including phenoxy) is 1. The molecule has 2 aromatic heterocycles. The molecule has 1 saturated heterocycles. The van der Waals surface area contributed by atoms with E-state index in [0.717, 1.165) is 47.7 Å². The fraction of sp³-hybridized carbons (Fsp3) is 0.500. The second-order valence-electron chi connectivity index (χ2n) is 9.23. The molecule has 1 fully saturated rings. The van der Waals surface area contributed by atoms with Gasteiger partial charge in [-0.2, -0.15) is 0 Å². The van der Waals surface area contributed by atoms with Gasteiger partial charge in [0.15, 0.2) is 0 Å². The Balaban J connectivity index is 1.35. The number of aryl methyl sites for hydroxylation is 1. The van der Waals surface area contributed by atoms with E-state index in [1.54, 1.807) is 37.5 Å². The Kier molecular flexibility index (Phi) is 8.62. The SMILES string of the molecule is COc1ccc2nccc([C@H](F)CC[C@@H]3CCN(CCSc4cncn4C)C[C@@H]3CC(=O)O)c2c1. The van der Waals surface area contributed by atoms with Gasteiger partial charge in [-0.05, 0) is 67.5 Å². The second kappa shape index (κ2) is 11.9. The summed E-state index contributed by atoms with van der Waals surface area (Å²) in [6.07, 6.45) is 6.23. The third-order valence-corrected chi connectivity index (χ3v) is 8.03. The first-order valence-electron chi connectivity index (χ1n) is 12.0. The number of rotatable bonds is 11. The number of piperidine rings is 1. The largest absolute Gasteiger partial charge is 0.497 e. The van der Waals surface area contributed by atoms with Gasteiger partial charge in [0.05, 0.1) is 30.2 Å². The van der Waals surface area contributed by atoms with Crippen molar-refractivity contribution in [3.63, 3.8) is 0 Å². The summed E-state index contributed by atoms with van der Waals surface area (Å²) in [5, 5.41) is 11.4. The predicted octanol–water partition coefficient (Wildman–Crippen LogP) is 4.97. The maximum Gasteiger partial charge on any atom is 0.303 e. The lowest BCUT2D eigenvalue weighted by Gasteiger charge is -2.38. The quantitative estimate of drug-likeness (QED) is 0.372. The van der Waals surface area contributed by atoms with E-state index < -0.39 is 12.1 Å². The zero-order chi connectivity index (χ0) is 24.8. The molecule has 0 unspecified atom stereocenters. The summed E-state index contributed by atoms with van der Waals surface area (Å²) in [5.74, 6) is 1.05. The van der Waals surface area contributed by atoms with Crippen LogP contribution in [0.25, 0.3) is 10.9 Å². The van der Waals surface area contributed by atoms with Gasteiger partial charge in [-0.25, -0.2) is 9.37 Å². The Bertz CT molecular complexity index is 1140. The van der Waals surface area contributed by atoms with E-state index in [-0.39, 0.29) is 18.3 Å². The number of hydrogen-bond donors (Lipinski definition) is 1. The predicted molar refractivity (Wildman–Crippen MR) is 136 cm³/mol. The van der Waals surface area contributed by atoms with Crippen LogP contribution in [0.3, 0.4) is 0 Å². The van der Waals surface area contributed by atoms with Crippen LogP contribution in [0.1, 0.15) is 37.4 Å². The summed E-state index contributed by atoms with van der Waals surface area (Å²) in [7, 11) is 3.57. The molecule has 4 rings (SSSR count). The third-order valence-electron chi connectivity index (χ3n) is 6.95. The van der Waals surface area contributed by atoms with Crippen LogP contribution in [0.2, 0.25) is 0 Å². The minimum Gasteiger partial charge on any atom is -0.497 e. The number of alkyl halides is 1. The lowest BCUT2D eigenvalue weighted by Crippen LogP contribution is -2.42. The normalized spacial score (nSPS) is 19.6. The number of carboxylic acid groups (broad SMARTS) is 1. The van der Waals surface area contributed by atoms with Gasteiger partial charge < -0.3 is 19.3 Å². The molecule has 35 heavy (non-hydrogen) atoms. The monoisotopic (exact) mass is 500 g/mol. The molecular weight excluding hydrogens is 467 g/mol. The standard InChI is InChI=1S/C26H33FN4O3S/c1-30-17-28-15-25(30)35-12-11-31-10-8-18(19(16-31)13-26(32)33)3-5-23(27)21-7-9-29-24-6-4-20(34-2)14-22(21)24/h4,6-7,9,14-15,17-19,23H,3,5,8,10-13,16H2,1-2H3,(H,32,33)/t18-,19+,23-/m1/s1. The van der Waals surface area contributed by atoms with Gasteiger partial charge in [-0.15, -0.1) is 11.8 Å². The van der Waals surface area contributed by atoms with Crippen LogP contribution < -0.4 is 4.74 Å². The van der Waals surface area contributed by atoms with Crippen LogP contribution in [0, 0.1) is 11.8 Å². The number of carboxylic acids is 1. The van der Waals surface area contributed by atoms with E-state index in [1.807, 2.05) is 36.0 Å². The van der Waals surface area contributed by atoms with E-state index in [4.69, 9.17) is 4.74 Å². The third kappa shape index (κ3) is 6.52. The van der Waals surface area contributed by atoms with Crippen LogP contribution in [0.15, 0.2) is 48.0 Å². The first-order valence-corrected chi connectivity index (χ1v) is 13.0. The lowest BCUT2D eigenvalue weighted by atomic mass is 9.79. The number of likely N-dealkylation sites (tertiary alicyclic amines) is 1. The van der Waals surface area contributed by atoms with Crippen molar-refractivity contribution in [2.45, 2.75) is 36.9 Å². The Hall–Kier alpha value is -2.65. The number of methoxy groups -OCH3 is 1. The molecule has 9 heteroatoms. The topological polar surface area (TPSA) is 80.5 Å². The molecule has 1 aliphatic heterocycles. The van der Waals surface area contributed by atoms with Crippen LogP contribution in [0.4, 0.5) is 4.39 Å². The average molecular weight is 501 g/mol. The highest BCUT2D eigenvalue weighted by molar-refractivity contribution is 7.99. The van der Waals surface area contributed by atoms with Gasteiger partial charge in [0.2, 0.25) is 0 Å². The minimum absolute atomic E-state index is 0.0319. The molecule has 1 N–H and O–H groups in total. The molecule has 1 aromatic carbocycles. The first kappa shape index (κ1) is 25.4. The number of imidazole rings is 1. The highest BCUT2D eigenvalue weighted by Crippen LogP contribution is 2.36. The maximum absolute atomic E-state index is 15.5. The number of nitrogens with zero attached hydrogens (tertiary/aromatic N) is 4. The number of fused-ring (bicyclic) bond motifs is 1. The molecule has 0 saturated carbocycles. The molecule has 3 atom stereocenters. The Morgan fingerprint density at radius 3 is 2.94 bits per heavy atom. The number of thioether (sulfide) groups is 1. The van der Waals surface area contributed by atoms with Crippen molar-refractivity contribution in [2.24, 2.45) is 18.9 Å². The Labute approximate surface area is 209 Å². The molecular formula is C26H33FN4O3S. The molecule has 0 amide bonds. The molecule has 0 aliphatic carbocycles. The van der Waals surface area contributed by atoms with Crippen molar-refractivity contribution in [1.29, 1.82) is 0 Å². The Morgan fingerprint density at radius 1 is 1.34 bits per heavy atom. The maximum atomic E-state index is 15.5. The summed E-state index contributed by atoms with van der Waals surface area (Å²) in [5.41, 5.74) is 1.36. The molecule has 3 heterocycles. The van der Waals surface area contributed by atoms with Crippen molar-refractivity contribution in [3.05, 3.63) is 48.5 Å². The van der Waals surface area contributed by atoms with E-state index in [1.165, 1.54) is 0 Å². The van der Waals surface area contributed by atoms with Crippen LogP contribution in [-0.2, 0) is 11.8 Å². The van der Waals surface area contributed by atoms with E-state index in [0.29, 0.717) is 24.2 Å². The van der Waals surface area contributed by atoms with Gasteiger partial charge in [0.25, 0.3) is 0 Å². The van der Waals surface area contributed by atoms with Crippen molar-refractivity contribution < 1.29 is 19.0 Å². The molecule has 7 nitrogen and oxygen atoms in total. The van der Waals surface area contributed by atoms with Crippen molar-refractivity contribution in [3.8, 4) is 5.75 Å². The zero-order valence-corrected chi connectivity index (χ0v) is 21.1. The summed E-state index contributed by atoms with van der Waals surface area (Å²) < 4.78 is 22.8. The molecule has 3 aromatic rings. The first-order chi connectivity index (χ1) is 16.9. The van der Waals surface area contributed by atoms with Crippen molar-refractivity contribution in [2.75, 3.05) is 32.5 Å². The summed E-state index contributed by atoms with van der Waals surface area (Å²) in [6, 6.07) is 7.24. The van der Waals surface area contributed by atoms with Crippen molar-refractivity contribution >= 4 is 28.6 Å². The smallest absolute Gasteiger partial charge is 0.303 e. The highest BCUT2D eigenvalue weighted by Gasteiger charge is 2.31. The molecule has 0 bridgehead atoms. The number of aromatic nitrogens is 3. The molecule has 0 spiro atoms. The fourth-order valence-electron chi connectivity index (χ4n) is 5.02. The van der Waals surface area contributed by atoms with Crippen LogP contribution >= 0.6 is 11.8 Å². The number of aliphatic carboxylic acids is 1. The molecule has 0 radical (unpaired) electrons.